The molecule has 0 saturated heterocycles. The molecule has 5 heteroatoms. The highest BCUT2D eigenvalue weighted by Crippen LogP contribution is 2.25. The molecule has 0 spiro atoms. The van der Waals surface area contributed by atoms with Gasteiger partial charge in [0.2, 0.25) is 0 Å². The quantitative estimate of drug-likeness (QED) is 0.501. The molecule has 58 valence electrons. The maximum Gasteiger partial charge on any atom is 0.184 e. The van der Waals surface area contributed by atoms with E-state index in [-0.39, 0.29) is 5.69 Å². The van der Waals surface area contributed by atoms with E-state index in [1.54, 1.807) is 0 Å². The molecule has 1 rings (SSSR count). The van der Waals surface area contributed by atoms with Crippen LogP contribution in [0.2, 0.25) is 0 Å². The third-order valence-corrected chi connectivity index (χ3v) is 1.21. The highest BCUT2D eigenvalue weighted by molar-refractivity contribution is 5.62. The van der Waals surface area contributed by atoms with Gasteiger partial charge in [0.05, 0.1) is 0 Å². The minimum absolute atomic E-state index is 0.288. The predicted octanol–water partition coefficient (Wildman–Crippen LogP) is 1.94. The van der Waals surface area contributed by atoms with Crippen LogP contribution in [0.4, 0.5) is 20.2 Å². The molecular formula is C6H4F2N2O. The first-order chi connectivity index (χ1) is 5.16. The first kappa shape index (κ1) is 7.59. The van der Waals surface area contributed by atoms with Crippen molar-refractivity contribution >= 4 is 11.4 Å². The molecule has 0 aliphatic rings. The number of halogens is 2. The zero-order valence-corrected chi connectivity index (χ0v) is 5.34. The van der Waals surface area contributed by atoms with Crippen LogP contribution >= 0.6 is 0 Å². The van der Waals surface area contributed by atoms with Gasteiger partial charge in [-0.15, -0.1) is 4.91 Å². The second-order valence-electron chi connectivity index (χ2n) is 1.89. The summed E-state index contributed by atoms with van der Waals surface area (Å²) in [6.45, 7) is 0. The van der Waals surface area contributed by atoms with Crippen molar-refractivity contribution in [1.29, 1.82) is 0 Å². The third kappa shape index (κ3) is 1.17. The van der Waals surface area contributed by atoms with Gasteiger partial charge in [0.1, 0.15) is 11.4 Å². The predicted molar refractivity (Wildman–Crippen MR) is 36.2 cm³/mol. The SMILES string of the molecule is Nc1c(N=O)ccc(F)c1F. The summed E-state index contributed by atoms with van der Waals surface area (Å²) in [4.78, 5) is 9.87. The number of anilines is 1. The summed E-state index contributed by atoms with van der Waals surface area (Å²) in [6.07, 6.45) is 0. The molecule has 0 aliphatic carbocycles. The molecule has 3 nitrogen and oxygen atoms in total. The molecule has 0 atom stereocenters. The molecule has 0 bridgehead atoms. The Morgan fingerprint density at radius 1 is 1.36 bits per heavy atom. The molecule has 0 heterocycles. The Balaban J connectivity index is 3.36. The van der Waals surface area contributed by atoms with Crippen molar-refractivity contribution in [3.8, 4) is 0 Å². The van der Waals surface area contributed by atoms with Gasteiger partial charge < -0.3 is 5.73 Å². The number of benzene rings is 1. The number of hydrogen-bond acceptors (Lipinski definition) is 3. The summed E-state index contributed by atoms with van der Waals surface area (Å²) < 4.78 is 24.8. The Hall–Kier alpha value is -1.52. The molecule has 1 aromatic carbocycles. The molecule has 0 aromatic heterocycles. The summed E-state index contributed by atoms with van der Waals surface area (Å²) in [6, 6.07) is 1.81. The molecule has 0 aliphatic heterocycles. The molecule has 2 N–H and O–H groups in total. The summed E-state index contributed by atoms with van der Waals surface area (Å²) in [5, 5.41) is 2.39. The number of rotatable bonds is 1. The van der Waals surface area contributed by atoms with Crippen molar-refractivity contribution in [1.82, 2.24) is 0 Å². The molecule has 11 heavy (non-hydrogen) atoms. The van der Waals surface area contributed by atoms with Crippen LogP contribution in [0, 0.1) is 16.5 Å². The number of nitrogens with two attached hydrogens (primary N) is 1. The van der Waals surface area contributed by atoms with Crippen molar-refractivity contribution in [2.45, 2.75) is 0 Å². The van der Waals surface area contributed by atoms with Crippen LogP contribution in [0.15, 0.2) is 17.3 Å². The normalized spacial score (nSPS) is 9.64. The Morgan fingerprint density at radius 2 is 2.00 bits per heavy atom. The molecular weight excluding hydrogens is 154 g/mol. The fourth-order valence-electron chi connectivity index (χ4n) is 0.636. The van der Waals surface area contributed by atoms with Crippen LogP contribution in [0.5, 0.6) is 0 Å². The van der Waals surface area contributed by atoms with Gasteiger partial charge in [-0.1, -0.05) is 0 Å². The van der Waals surface area contributed by atoms with E-state index in [1.807, 2.05) is 0 Å². The van der Waals surface area contributed by atoms with Gasteiger partial charge in [0, 0.05) is 0 Å². The summed E-state index contributed by atoms with van der Waals surface area (Å²) >= 11 is 0. The first-order valence-corrected chi connectivity index (χ1v) is 2.73. The monoisotopic (exact) mass is 158 g/mol. The summed E-state index contributed by atoms with van der Waals surface area (Å²) in [5.41, 5.74) is 4.14. The number of nitrogens with zero attached hydrogens (tertiary/aromatic N) is 1. The largest absolute Gasteiger partial charge is 0.394 e. The van der Waals surface area contributed by atoms with Crippen molar-refractivity contribution in [3.63, 3.8) is 0 Å². The second kappa shape index (κ2) is 2.61. The van der Waals surface area contributed by atoms with Crippen molar-refractivity contribution < 1.29 is 8.78 Å². The van der Waals surface area contributed by atoms with Gasteiger partial charge in [0.15, 0.2) is 11.6 Å². The van der Waals surface area contributed by atoms with Gasteiger partial charge in [-0.2, -0.15) is 0 Å². The van der Waals surface area contributed by atoms with E-state index < -0.39 is 17.3 Å². The first-order valence-electron chi connectivity index (χ1n) is 2.73. The molecule has 0 saturated carbocycles. The molecule has 1 aromatic rings. The van der Waals surface area contributed by atoms with Crippen LogP contribution in [0.1, 0.15) is 0 Å². The van der Waals surface area contributed by atoms with Crippen LogP contribution in [-0.2, 0) is 0 Å². The van der Waals surface area contributed by atoms with E-state index in [2.05, 4.69) is 5.18 Å². The van der Waals surface area contributed by atoms with Crippen molar-refractivity contribution in [3.05, 3.63) is 28.7 Å². The highest BCUT2D eigenvalue weighted by Gasteiger charge is 2.09. The van der Waals surface area contributed by atoms with Gasteiger partial charge >= 0.3 is 0 Å². The van der Waals surface area contributed by atoms with E-state index in [0.717, 1.165) is 12.1 Å². The maximum atomic E-state index is 12.5. The zero-order chi connectivity index (χ0) is 8.43. The number of nitrogen functional groups attached to an aromatic ring is 1. The average Bonchev–Trinajstić information content (AvgIpc) is 2.01. The highest BCUT2D eigenvalue weighted by atomic mass is 19.2. The Kier molecular flexibility index (Phi) is 1.80. The fraction of sp³-hybridized carbons (Fsp3) is 0. The van der Waals surface area contributed by atoms with Gasteiger partial charge in [-0.3, -0.25) is 0 Å². The van der Waals surface area contributed by atoms with E-state index in [0.29, 0.717) is 0 Å². The Bertz CT molecular complexity index is 301. The topological polar surface area (TPSA) is 55.4 Å². The van der Waals surface area contributed by atoms with Crippen molar-refractivity contribution in [2.75, 3.05) is 5.73 Å². The number of hydrogen-bond donors (Lipinski definition) is 1. The molecule has 0 fully saturated rings. The van der Waals surface area contributed by atoms with Gasteiger partial charge in [-0.25, -0.2) is 8.78 Å². The molecule has 0 unspecified atom stereocenters. The van der Waals surface area contributed by atoms with Gasteiger partial charge in [0.25, 0.3) is 0 Å². The lowest BCUT2D eigenvalue weighted by molar-refractivity contribution is 0.512. The summed E-state index contributed by atoms with van der Waals surface area (Å²) in [7, 11) is 0. The van der Waals surface area contributed by atoms with Crippen LogP contribution in [0.3, 0.4) is 0 Å². The van der Waals surface area contributed by atoms with E-state index in [9.17, 15) is 13.7 Å². The summed E-state index contributed by atoms with van der Waals surface area (Å²) in [5.74, 6) is -2.32. The Morgan fingerprint density at radius 3 is 2.55 bits per heavy atom. The lowest BCUT2D eigenvalue weighted by Gasteiger charge is -1.97. The third-order valence-electron chi connectivity index (χ3n) is 1.21. The lowest BCUT2D eigenvalue weighted by atomic mass is 10.2. The van der Waals surface area contributed by atoms with Crippen molar-refractivity contribution in [2.24, 2.45) is 5.18 Å². The van der Waals surface area contributed by atoms with E-state index in [4.69, 9.17) is 5.73 Å². The van der Waals surface area contributed by atoms with Gasteiger partial charge in [-0.05, 0) is 17.3 Å². The molecule has 0 radical (unpaired) electrons. The minimum Gasteiger partial charge on any atom is -0.394 e. The maximum absolute atomic E-state index is 12.5. The smallest absolute Gasteiger partial charge is 0.184 e. The van der Waals surface area contributed by atoms with Crippen LogP contribution in [0.25, 0.3) is 0 Å². The zero-order valence-electron chi connectivity index (χ0n) is 5.34. The molecule has 0 amide bonds. The lowest BCUT2D eigenvalue weighted by Crippen LogP contribution is -1.93. The fourth-order valence-corrected chi connectivity index (χ4v) is 0.636. The number of nitroso groups, excluding NO2 is 1. The standard InChI is InChI=1S/C6H4F2N2O/c7-3-1-2-4(10-11)6(9)5(3)8/h1-2H,9H2. The average molecular weight is 158 g/mol. The van der Waals surface area contributed by atoms with Crippen LogP contribution in [-0.4, -0.2) is 0 Å². The van der Waals surface area contributed by atoms with Crippen LogP contribution < -0.4 is 5.73 Å². The second-order valence-corrected chi connectivity index (χ2v) is 1.89. The van der Waals surface area contributed by atoms with E-state index in [1.165, 1.54) is 0 Å². The van der Waals surface area contributed by atoms with E-state index >= 15 is 0 Å². The minimum atomic E-state index is -1.23. The Labute approximate surface area is 60.8 Å².